The van der Waals surface area contributed by atoms with E-state index in [4.69, 9.17) is 11.6 Å². The van der Waals surface area contributed by atoms with Crippen LogP contribution in [-0.2, 0) is 4.79 Å². The summed E-state index contributed by atoms with van der Waals surface area (Å²) < 4.78 is 0. The Hall–Kier alpha value is 0.616. The first-order valence-electron chi connectivity index (χ1n) is 4.48. The van der Waals surface area contributed by atoms with Crippen LogP contribution in [0, 0.1) is 5.92 Å². The van der Waals surface area contributed by atoms with E-state index in [1.54, 1.807) is 24.3 Å². The van der Waals surface area contributed by atoms with Crippen molar-refractivity contribution in [1.82, 2.24) is 0 Å². The standard InChI is InChI=1S/C11H13ClO2.K/c1-7(2)10(11(13)14)8-3-5-9(12)6-4-8;/h3-7,10H,1-2H3,(H,13,14);/q;+1/p-1/t10-;/m1./s1. The Kier molecular flexibility index (Phi) is 7.33. The number of benzene rings is 1. The smallest absolute Gasteiger partial charge is 0.549 e. The minimum atomic E-state index is -1.04. The van der Waals surface area contributed by atoms with Gasteiger partial charge in [0.1, 0.15) is 0 Å². The topological polar surface area (TPSA) is 40.1 Å². The van der Waals surface area contributed by atoms with E-state index in [1.165, 1.54) is 0 Å². The van der Waals surface area contributed by atoms with Gasteiger partial charge in [-0.05, 0) is 23.6 Å². The van der Waals surface area contributed by atoms with E-state index in [0.29, 0.717) is 5.02 Å². The quantitative estimate of drug-likeness (QED) is 0.635. The molecule has 15 heavy (non-hydrogen) atoms. The number of carbonyl (C=O) groups excluding carboxylic acids is 1. The van der Waals surface area contributed by atoms with Crippen LogP contribution in [0.3, 0.4) is 0 Å². The van der Waals surface area contributed by atoms with E-state index in [2.05, 4.69) is 0 Å². The predicted molar refractivity (Wildman–Crippen MR) is 54.0 cm³/mol. The second-order valence-corrected chi connectivity index (χ2v) is 4.03. The second kappa shape index (κ2) is 7.04. The first-order chi connectivity index (χ1) is 6.52. The minimum Gasteiger partial charge on any atom is -0.549 e. The Bertz CT molecular complexity index is 322. The summed E-state index contributed by atoms with van der Waals surface area (Å²) in [5.41, 5.74) is 0.740. The molecule has 0 heterocycles. The van der Waals surface area contributed by atoms with Crippen LogP contribution in [0.2, 0.25) is 5.02 Å². The molecule has 0 amide bonds. The van der Waals surface area contributed by atoms with Crippen molar-refractivity contribution in [2.75, 3.05) is 0 Å². The van der Waals surface area contributed by atoms with Gasteiger partial charge in [0.2, 0.25) is 0 Å². The zero-order valence-electron chi connectivity index (χ0n) is 9.16. The summed E-state index contributed by atoms with van der Waals surface area (Å²) in [4.78, 5) is 10.9. The molecule has 0 aliphatic rings. The molecule has 0 saturated carbocycles. The summed E-state index contributed by atoms with van der Waals surface area (Å²) >= 11 is 5.71. The van der Waals surface area contributed by atoms with Gasteiger partial charge in [0, 0.05) is 16.9 Å². The van der Waals surface area contributed by atoms with Crippen LogP contribution in [0.5, 0.6) is 0 Å². The monoisotopic (exact) mass is 250 g/mol. The van der Waals surface area contributed by atoms with Crippen molar-refractivity contribution >= 4 is 17.6 Å². The maximum absolute atomic E-state index is 10.9. The molecular formula is C11H12ClKO2. The van der Waals surface area contributed by atoms with Crippen LogP contribution in [0.15, 0.2) is 24.3 Å². The molecule has 1 rings (SSSR count). The normalized spacial score (nSPS) is 12.0. The van der Waals surface area contributed by atoms with Gasteiger partial charge in [-0.2, -0.15) is 0 Å². The summed E-state index contributed by atoms with van der Waals surface area (Å²) in [6.45, 7) is 3.71. The molecule has 0 aliphatic carbocycles. The molecular weight excluding hydrogens is 239 g/mol. The van der Waals surface area contributed by atoms with E-state index in [9.17, 15) is 9.90 Å². The van der Waals surface area contributed by atoms with E-state index in [-0.39, 0.29) is 57.3 Å². The SMILES string of the molecule is CC(C)[C@@H](C(=O)[O-])c1ccc(Cl)cc1.[K+]. The van der Waals surface area contributed by atoms with Gasteiger partial charge < -0.3 is 9.90 Å². The van der Waals surface area contributed by atoms with Crippen LogP contribution in [0.25, 0.3) is 0 Å². The van der Waals surface area contributed by atoms with E-state index >= 15 is 0 Å². The molecule has 0 radical (unpaired) electrons. The number of carboxylic acid groups (broad SMARTS) is 1. The second-order valence-electron chi connectivity index (χ2n) is 3.59. The third kappa shape index (κ3) is 4.55. The molecule has 0 aromatic heterocycles. The molecule has 1 aromatic carbocycles. The summed E-state index contributed by atoms with van der Waals surface area (Å²) in [7, 11) is 0. The minimum absolute atomic E-state index is 0. The van der Waals surface area contributed by atoms with Crippen LogP contribution in [0.1, 0.15) is 25.3 Å². The Labute approximate surface area is 137 Å². The van der Waals surface area contributed by atoms with Crippen LogP contribution < -0.4 is 56.5 Å². The van der Waals surface area contributed by atoms with Gasteiger partial charge >= 0.3 is 51.4 Å². The summed E-state index contributed by atoms with van der Waals surface area (Å²) in [6, 6.07) is 6.83. The predicted octanol–water partition coefficient (Wildman–Crippen LogP) is -1.17. The van der Waals surface area contributed by atoms with Crippen molar-refractivity contribution in [2.24, 2.45) is 5.92 Å². The van der Waals surface area contributed by atoms with Gasteiger partial charge in [0.15, 0.2) is 0 Å². The third-order valence-electron chi connectivity index (χ3n) is 2.15. The van der Waals surface area contributed by atoms with Crippen molar-refractivity contribution in [2.45, 2.75) is 19.8 Å². The third-order valence-corrected chi connectivity index (χ3v) is 2.40. The van der Waals surface area contributed by atoms with Crippen LogP contribution >= 0.6 is 11.6 Å². The molecule has 0 fully saturated rings. The molecule has 1 aromatic rings. The fourth-order valence-corrected chi connectivity index (χ4v) is 1.59. The van der Waals surface area contributed by atoms with E-state index in [0.717, 1.165) is 5.56 Å². The zero-order chi connectivity index (χ0) is 10.7. The van der Waals surface area contributed by atoms with Gasteiger partial charge in [-0.1, -0.05) is 37.6 Å². The van der Waals surface area contributed by atoms with Crippen LogP contribution in [-0.4, -0.2) is 5.97 Å². The molecule has 2 nitrogen and oxygen atoms in total. The molecule has 76 valence electrons. The Balaban J connectivity index is 0.00000196. The van der Waals surface area contributed by atoms with E-state index in [1.807, 2.05) is 13.8 Å². The number of halogens is 1. The molecule has 0 aliphatic heterocycles. The van der Waals surface area contributed by atoms with Crippen molar-refractivity contribution in [1.29, 1.82) is 0 Å². The fraction of sp³-hybridized carbons (Fsp3) is 0.364. The van der Waals surface area contributed by atoms with Gasteiger partial charge in [0.05, 0.1) is 0 Å². The van der Waals surface area contributed by atoms with Crippen molar-refractivity contribution in [3.8, 4) is 0 Å². The molecule has 0 spiro atoms. The molecule has 0 bridgehead atoms. The average molecular weight is 251 g/mol. The largest absolute Gasteiger partial charge is 1.00 e. The van der Waals surface area contributed by atoms with Gasteiger partial charge in [0.25, 0.3) is 0 Å². The van der Waals surface area contributed by atoms with Crippen LogP contribution in [0.4, 0.5) is 0 Å². The van der Waals surface area contributed by atoms with Gasteiger partial charge in [-0.15, -0.1) is 0 Å². The Morgan fingerprint density at radius 3 is 2.07 bits per heavy atom. The molecule has 0 unspecified atom stereocenters. The average Bonchev–Trinajstić information content (AvgIpc) is 2.07. The van der Waals surface area contributed by atoms with Crippen molar-refractivity contribution in [3.05, 3.63) is 34.9 Å². The Morgan fingerprint density at radius 1 is 1.27 bits per heavy atom. The fourth-order valence-electron chi connectivity index (χ4n) is 1.46. The number of carbonyl (C=O) groups is 1. The zero-order valence-corrected chi connectivity index (χ0v) is 13.0. The maximum Gasteiger partial charge on any atom is 1.00 e. The number of hydrogen-bond donors (Lipinski definition) is 0. The Morgan fingerprint density at radius 2 is 1.73 bits per heavy atom. The number of hydrogen-bond acceptors (Lipinski definition) is 2. The molecule has 4 heteroatoms. The van der Waals surface area contributed by atoms with Gasteiger partial charge in [-0.25, -0.2) is 0 Å². The first-order valence-corrected chi connectivity index (χ1v) is 4.86. The summed E-state index contributed by atoms with van der Waals surface area (Å²) in [5, 5.41) is 11.5. The summed E-state index contributed by atoms with van der Waals surface area (Å²) in [6.07, 6.45) is 0. The molecule has 1 atom stereocenters. The van der Waals surface area contributed by atoms with Crippen molar-refractivity contribution in [3.63, 3.8) is 0 Å². The van der Waals surface area contributed by atoms with E-state index < -0.39 is 11.9 Å². The molecule has 0 N–H and O–H groups in total. The van der Waals surface area contributed by atoms with Crippen molar-refractivity contribution < 1.29 is 61.3 Å². The summed E-state index contributed by atoms with van der Waals surface area (Å²) in [5.74, 6) is -1.59. The first kappa shape index (κ1) is 15.6. The maximum atomic E-state index is 10.9. The number of aliphatic carboxylic acids is 1. The number of carboxylic acids is 1. The van der Waals surface area contributed by atoms with Gasteiger partial charge in [-0.3, -0.25) is 0 Å². The molecule has 0 saturated heterocycles. The number of rotatable bonds is 3.